The van der Waals surface area contributed by atoms with Gasteiger partial charge in [0.2, 0.25) is 5.95 Å². The first-order chi connectivity index (χ1) is 7.25. The van der Waals surface area contributed by atoms with Gasteiger partial charge in [-0.3, -0.25) is 0 Å². The Morgan fingerprint density at radius 3 is 2.60 bits per heavy atom. The zero-order valence-electron chi connectivity index (χ0n) is 8.49. The van der Waals surface area contributed by atoms with E-state index in [0.717, 1.165) is 25.2 Å². The Hall–Kier alpha value is -1.23. The second-order valence-electron chi connectivity index (χ2n) is 3.92. The summed E-state index contributed by atoms with van der Waals surface area (Å²) in [5.74, 6) is 0.0345. The van der Waals surface area contributed by atoms with E-state index < -0.39 is 5.82 Å². The van der Waals surface area contributed by atoms with Gasteiger partial charge in [-0.2, -0.15) is 0 Å². The Bertz CT molecular complexity index is 314. The van der Waals surface area contributed by atoms with Crippen molar-refractivity contribution in [1.82, 2.24) is 9.97 Å². The van der Waals surface area contributed by atoms with Gasteiger partial charge in [0.1, 0.15) is 0 Å². The summed E-state index contributed by atoms with van der Waals surface area (Å²) >= 11 is 0. The average Bonchev–Trinajstić information content (AvgIpc) is 2.25. The molecule has 2 unspecified atom stereocenters. The number of nitrogens with two attached hydrogens (primary N) is 1. The van der Waals surface area contributed by atoms with Crippen molar-refractivity contribution < 1.29 is 4.39 Å². The van der Waals surface area contributed by atoms with Crippen molar-refractivity contribution in [2.24, 2.45) is 5.73 Å². The van der Waals surface area contributed by atoms with Gasteiger partial charge in [0.15, 0.2) is 5.82 Å². The lowest BCUT2D eigenvalue weighted by atomic mass is 9.91. The molecule has 1 fully saturated rings. The molecule has 3 N–H and O–H groups in total. The maximum atomic E-state index is 12.6. The van der Waals surface area contributed by atoms with Crippen molar-refractivity contribution in [3.63, 3.8) is 0 Å². The lowest BCUT2D eigenvalue weighted by Crippen LogP contribution is -2.42. The molecule has 0 bridgehead atoms. The van der Waals surface area contributed by atoms with E-state index in [4.69, 9.17) is 5.73 Å². The van der Waals surface area contributed by atoms with Crippen LogP contribution in [-0.2, 0) is 0 Å². The molecular weight excluding hydrogens is 195 g/mol. The summed E-state index contributed by atoms with van der Waals surface area (Å²) in [4.78, 5) is 7.71. The summed E-state index contributed by atoms with van der Waals surface area (Å²) in [6.07, 6.45) is 6.73. The molecule has 1 aromatic rings. The zero-order valence-corrected chi connectivity index (χ0v) is 8.49. The van der Waals surface area contributed by atoms with E-state index in [2.05, 4.69) is 15.3 Å². The first-order valence-electron chi connectivity index (χ1n) is 5.25. The molecule has 4 nitrogen and oxygen atoms in total. The maximum Gasteiger partial charge on any atom is 0.223 e. The highest BCUT2D eigenvalue weighted by molar-refractivity contribution is 5.25. The molecule has 2 rings (SSSR count). The second kappa shape index (κ2) is 4.53. The van der Waals surface area contributed by atoms with Crippen molar-refractivity contribution in [2.75, 3.05) is 5.32 Å². The number of hydrogen-bond acceptors (Lipinski definition) is 4. The number of halogens is 1. The summed E-state index contributed by atoms with van der Waals surface area (Å²) in [6.45, 7) is 0. The Labute approximate surface area is 88.1 Å². The number of nitrogens with one attached hydrogen (secondary N) is 1. The predicted molar refractivity (Wildman–Crippen MR) is 55.8 cm³/mol. The van der Waals surface area contributed by atoms with Crippen molar-refractivity contribution in [1.29, 1.82) is 0 Å². The molecule has 1 aliphatic carbocycles. The molecule has 1 aliphatic rings. The number of nitrogens with zero attached hydrogens (tertiary/aromatic N) is 2. The van der Waals surface area contributed by atoms with Crippen LogP contribution in [0.25, 0.3) is 0 Å². The highest BCUT2D eigenvalue weighted by atomic mass is 19.1. The first-order valence-corrected chi connectivity index (χ1v) is 5.25. The van der Waals surface area contributed by atoms with Crippen LogP contribution in [0.2, 0.25) is 0 Å². The van der Waals surface area contributed by atoms with E-state index in [-0.39, 0.29) is 12.1 Å². The summed E-state index contributed by atoms with van der Waals surface area (Å²) in [6, 6.07) is 0.358. The summed E-state index contributed by atoms with van der Waals surface area (Å²) in [5.41, 5.74) is 5.96. The fraction of sp³-hybridized carbons (Fsp3) is 0.600. The van der Waals surface area contributed by atoms with Crippen LogP contribution in [-0.4, -0.2) is 22.1 Å². The van der Waals surface area contributed by atoms with Crippen molar-refractivity contribution in [3.8, 4) is 0 Å². The highest BCUT2D eigenvalue weighted by Crippen LogP contribution is 2.19. The zero-order chi connectivity index (χ0) is 10.7. The average molecular weight is 210 g/mol. The molecule has 1 aromatic heterocycles. The van der Waals surface area contributed by atoms with Gasteiger partial charge < -0.3 is 11.1 Å². The minimum absolute atomic E-state index is 0.146. The van der Waals surface area contributed by atoms with Gasteiger partial charge in [-0.25, -0.2) is 14.4 Å². The molecular formula is C10H15FN4. The number of hydrogen-bond donors (Lipinski definition) is 2. The van der Waals surface area contributed by atoms with E-state index in [1.807, 2.05) is 0 Å². The van der Waals surface area contributed by atoms with Gasteiger partial charge in [-0.05, 0) is 12.8 Å². The summed E-state index contributed by atoms with van der Waals surface area (Å²) in [7, 11) is 0. The molecule has 0 spiro atoms. The van der Waals surface area contributed by atoms with E-state index >= 15 is 0 Å². The van der Waals surface area contributed by atoms with Gasteiger partial charge in [-0.1, -0.05) is 12.8 Å². The third-order valence-corrected chi connectivity index (χ3v) is 2.75. The standard InChI is InChI=1S/C10H15FN4/c11-7-5-13-10(14-6-7)15-9-4-2-1-3-8(9)12/h5-6,8-9H,1-4,12H2,(H,13,14,15). The number of anilines is 1. The molecule has 82 valence electrons. The molecule has 2 atom stereocenters. The summed E-state index contributed by atoms with van der Waals surface area (Å²) < 4.78 is 12.6. The third-order valence-electron chi connectivity index (χ3n) is 2.75. The van der Waals surface area contributed by atoms with Gasteiger partial charge in [-0.15, -0.1) is 0 Å². The van der Waals surface area contributed by atoms with E-state index in [9.17, 15) is 4.39 Å². The summed E-state index contributed by atoms with van der Waals surface area (Å²) in [5, 5.41) is 3.14. The molecule has 5 heteroatoms. The lowest BCUT2D eigenvalue weighted by molar-refractivity contribution is 0.402. The van der Waals surface area contributed by atoms with E-state index in [1.165, 1.54) is 12.8 Å². The van der Waals surface area contributed by atoms with Crippen molar-refractivity contribution in [3.05, 3.63) is 18.2 Å². The van der Waals surface area contributed by atoms with E-state index in [0.29, 0.717) is 5.95 Å². The Morgan fingerprint density at radius 1 is 1.27 bits per heavy atom. The number of rotatable bonds is 2. The molecule has 0 aliphatic heterocycles. The normalized spacial score (nSPS) is 26.3. The highest BCUT2D eigenvalue weighted by Gasteiger charge is 2.21. The quantitative estimate of drug-likeness (QED) is 0.772. The van der Waals surface area contributed by atoms with Crippen molar-refractivity contribution >= 4 is 5.95 Å². The molecule has 0 aromatic carbocycles. The molecule has 0 saturated heterocycles. The van der Waals surface area contributed by atoms with Crippen LogP contribution in [0.4, 0.5) is 10.3 Å². The molecule has 1 heterocycles. The Balaban J connectivity index is 1.98. The second-order valence-corrected chi connectivity index (χ2v) is 3.92. The Kier molecular flexibility index (Phi) is 3.11. The third kappa shape index (κ3) is 2.62. The predicted octanol–water partition coefficient (Wildman–Crippen LogP) is 1.30. The first kappa shape index (κ1) is 10.3. The van der Waals surface area contributed by atoms with Crippen LogP contribution in [0.5, 0.6) is 0 Å². The van der Waals surface area contributed by atoms with Crippen LogP contribution in [0.15, 0.2) is 12.4 Å². The van der Waals surface area contributed by atoms with Gasteiger partial charge in [0, 0.05) is 12.1 Å². The fourth-order valence-electron chi connectivity index (χ4n) is 1.89. The van der Waals surface area contributed by atoms with Gasteiger partial charge in [0.25, 0.3) is 0 Å². The molecule has 0 amide bonds. The topological polar surface area (TPSA) is 63.8 Å². The monoisotopic (exact) mass is 210 g/mol. The van der Waals surface area contributed by atoms with Crippen LogP contribution < -0.4 is 11.1 Å². The SMILES string of the molecule is NC1CCCCC1Nc1ncc(F)cn1. The van der Waals surface area contributed by atoms with Crippen LogP contribution >= 0.6 is 0 Å². The van der Waals surface area contributed by atoms with E-state index in [1.54, 1.807) is 0 Å². The Morgan fingerprint density at radius 2 is 1.93 bits per heavy atom. The van der Waals surface area contributed by atoms with Crippen LogP contribution in [0.1, 0.15) is 25.7 Å². The largest absolute Gasteiger partial charge is 0.350 e. The van der Waals surface area contributed by atoms with Gasteiger partial charge in [0.05, 0.1) is 12.4 Å². The molecule has 15 heavy (non-hydrogen) atoms. The van der Waals surface area contributed by atoms with Crippen molar-refractivity contribution in [2.45, 2.75) is 37.8 Å². The minimum Gasteiger partial charge on any atom is -0.350 e. The van der Waals surface area contributed by atoms with Gasteiger partial charge >= 0.3 is 0 Å². The maximum absolute atomic E-state index is 12.6. The smallest absolute Gasteiger partial charge is 0.223 e. The minimum atomic E-state index is -0.423. The number of aromatic nitrogens is 2. The van der Waals surface area contributed by atoms with Crippen LogP contribution in [0, 0.1) is 5.82 Å². The molecule has 0 radical (unpaired) electrons. The van der Waals surface area contributed by atoms with Crippen LogP contribution in [0.3, 0.4) is 0 Å². The lowest BCUT2D eigenvalue weighted by Gasteiger charge is -2.29. The fourth-order valence-corrected chi connectivity index (χ4v) is 1.89. The molecule has 1 saturated carbocycles.